The Morgan fingerprint density at radius 3 is 2.11 bits per heavy atom. The monoisotopic (exact) mass is 374 g/mol. The molecule has 0 saturated carbocycles. The van der Waals surface area contributed by atoms with Crippen molar-refractivity contribution in [3.63, 3.8) is 0 Å². The van der Waals surface area contributed by atoms with E-state index in [-0.39, 0.29) is 30.3 Å². The van der Waals surface area contributed by atoms with Crippen LogP contribution in [0.5, 0.6) is 11.5 Å². The molecule has 3 aromatic carbocycles. The van der Waals surface area contributed by atoms with Crippen molar-refractivity contribution in [1.82, 2.24) is 0 Å². The van der Waals surface area contributed by atoms with Gasteiger partial charge in [0.25, 0.3) is 0 Å². The largest absolute Gasteiger partial charge is 0.494 e. The third-order valence-corrected chi connectivity index (χ3v) is 4.10. The van der Waals surface area contributed by atoms with Crippen molar-refractivity contribution >= 4 is 0 Å². The van der Waals surface area contributed by atoms with Gasteiger partial charge in [-0.05, 0) is 41.0 Å². The molecule has 0 saturated heterocycles. The van der Waals surface area contributed by atoms with Crippen molar-refractivity contribution < 1.29 is 27.8 Å². The Labute approximate surface area is 154 Å². The number of hydrogen-bond donors (Lipinski definition) is 1. The molecular weight excluding hydrogens is 357 g/mol. The van der Waals surface area contributed by atoms with Crippen molar-refractivity contribution in [1.29, 1.82) is 0 Å². The Balaban J connectivity index is 1.74. The highest BCUT2D eigenvalue weighted by atomic mass is 19.2. The van der Waals surface area contributed by atoms with Gasteiger partial charge in [0.2, 0.25) is 5.82 Å². The van der Waals surface area contributed by atoms with Crippen LogP contribution in [-0.4, -0.2) is 12.2 Å². The summed E-state index contributed by atoms with van der Waals surface area (Å²) in [4.78, 5) is 0. The fraction of sp³-hybridized carbons (Fsp3) is 0.143. The molecule has 0 fully saturated rings. The number of rotatable bonds is 6. The number of aliphatic hydroxyl groups is 1. The molecule has 0 aliphatic rings. The van der Waals surface area contributed by atoms with E-state index in [0.29, 0.717) is 11.1 Å². The van der Waals surface area contributed by atoms with Crippen LogP contribution in [0, 0.1) is 17.5 Å². The Bertz CT molecular complexity index is 940. The number of halogens is 3. The summed E-state index contributed by atoms with van der Waals surface area (Å²) in [5.41, 5.74) is 1.81. The maximum atomic E-state index is 14.2. The quantitative estimate of drug-likeness (QED) is 0.670. The van der Waals surface area contributed by atoms with Gasteiger partial charge < -0.3 is 14.6 Å². The molecule has 3 nitrogen and oxygen atoms in total. The zero-order valence-corrected chi connectivity index (χ0v) is 14.5. The average molecular weight is 374 g/mol. The van der Waals surface area contributed by atoms with Crippen LogP contribution >= 0.6 is 0 Å². The van der Waals surface area contributed by atoms with Gasteiger partial charge in [0.15, 0.2) is 23.1 Å². The van der Waals surface area contributed by atoms with Gasteiger partial charge in [-0.2, -0.15) is 4.39 Å². The highest BCUT2D eigenvalue weighted by molar-refractivity contribution is 5.65. The van der Waals surface area contributed by atoms with Crippen LogP contribution in [0.4, 0.5) is 13.2 Å². The van der Waals surface area contributed by atoms with E-state index in [9.17, 15) is 13.2 Å². The SMILES string of the molecule is COc1ccc(-c2ccc(COc3ccc(CO)cc3F)cc2)c(F)c1F. The van der Waals surface area contributed by atoms with Crippen LogP contribution in [0.25, 0.3) is 11.1 Å². The standard InChI is InChI=1S/C21H17F3O3/c1-26-19-9-7-16(20(23)21(19)24)15-5-2-13(3-6-15)12-27-18-8-4-14(11-25)10-17(18)22/h2-10,25H,11-12H2,1H3. The van der Waals surface area contributed by atoms with E-state index in [1.54, 1.807) is 30.3 Å². The molecule has 0 aromatic heterocycles. The van der Waals surface area contributed by atoms with Crippen LogP contribution in [0.2, 0.25) is 0 Å². The fourth-order valence-electron chi connectivity index (χ4n) is 2.61. The molecule has 140 valence electrons. The van der Waals surface area contributed by atoms with Crippen LogP contribution in [0.1, 0.15) is 11.1 Å². The van der Waals surface area contributed by atoms with Crippen molar-refractivity contribution in [3.8, 4) is 22.6 Å². The van der Waals surface area contributed by atoms with Gasteiger partial charge in [-0.1, -0.05) is 30.3 Å². The molecule has 0 amide bonds. The highest BCUT2D eigenvalue weighted by Crippen LogP contribution is 2.30. The van der Waals surface area contributed by atoms with Gasteiger partial charge in [-0.3, -0.25) is 0 Å². The van der Waals surface area contributed by atoms with Crippen LogP contribution in [-0.2, 0) is 13.2 Å². The first kappa shape index (κ1) is 18.8. The van der Waals surface area contributed by atoms with Crippen molar-refractivity contribution in [3.05, 3.63) is 83.2 Å². The number of aliphatic hydroxyl groups excluding tert-OH is 1. The second-order valence-corrected chi connectivity index (χ2v) is 5.85. The Morgan fingerprint density at radius 2 is 1.48 bits per heavy atom. The van der Waals surface area contributed by atoms with E-state index in [1.807, 2.05) is 0 Å². The van der Waals surface area contributed by atoms with Crippen LogP contribution < -0.4 is 9.47 Å². The molecule has 27 heavy (non-hydrogen) atoms. The van der Waals surface area contributed by atoms with Gasteiger partial charge in [-0.25, -0.2) is 8.78 Å². The average Bonchev–Trinajstić information content (AvgIpc) is 2.69. The van der Waals surface area contributed by atoms with Crippen molar-refractivity contribution in [2.24, 2.45) is 0 Å². The second kappa shape index (κ2) is 8.14. The Hall–Kier alpha value is -2.99. The van der Waals surface area contributed by atoms with E-state index in [4.69, 9.17) is 14.6 Å². The minimum atomic E-state index is -1.04. The smallest absolute Gasteiger partial charge is 0.201 e. The third-order valence-electron chi connectivity index (χ3n) is 4.10. The fourth-order valence-corrected chi connectivity index (χ4v) is 2.61. The summed E-state index contributed by atoms with van der Waals surface area (Å²) >= 11 is 0. The van der Waals surface area contributed by atoms with E-state index in [2.05, 4.69) is 0 Å². The molecule has 0 unspecified atom stereocenters. The Morgan fingerprint density at radius 1 is 0.815 bits per heavy atom. The molecule has 1 N–H and O–H groups in total. The van der Waals surface area contributed by atoms with E-state index < -0.39 is 17.5 Å². The molecule has 0 aliphatic heterocycles. The zero-order valence-electron chi connectivity index (χ0n) is 14.5. The molecule has 0 radical (unpaired) electrons. The van der Waals surface area contributed by atoms with E-state index in [0.717, 1.165) is 5.56 Å². The normalized spacial score (nSPS) is 10.7. The number of methoxy groups -OCH3 is 1. The molecule has 6 heteroatoms. The summed E-state index contributed by atoms with van der Waals surface area (Å²) in [5.74, 6) is -2.67. The first-order valence-corrected chi connectivity index (χ1v) is 8.17. The predicted octanol–water partition coefficient (Wildman–Crippen LogP) is 4.85. The predicted molar refractivity (Wildman–Crippen MR) is 95.0 cm³/mol. The lowest BCUT2D eigenvalue weighted by Gasteiger charge is -2.10. The van der Waals surface area contributed by atoms with Gasteiger partial charge >= 0.3 is 0 Å². The summed E-state index contributed by atoms with van der Waals surface area (Å²) < 4.78 is 52.1. The van der Waals surface area contributed by atoms with Crippen molar-refractivity contribution in [2.75, 3.05) is 7.11 Å². The van der Waals surface area contributed by atoms with E-state index >= 15 is 0 Å². The van der Waals surface area contributed by atoms with Gasteiger partial charge in [0.05, 0.1) is 13.7 Å². The topological polar surface area (TPSA) is 38.7 Å². The van der Waals surface area contributed by atoms with Crippen LogP contribution in [0.3, 0.4) is 0 Å². The molecule has 0 spiro atoms. The van der Waals surface area contributed by atoms with Crippen LogP contribution in [0.15, 0.2) is 54.6 Å². The minimum Gasteiger partial charge on any atom is -0.494 e. The summed E-state index contributed by atoms with van der Waals surface area (Å²) in [6.07, 6.45) is 0. The third kappa shape index (κ3) is 4.06. The molecule has 3 rings (SSSR count). The summed E-state index contributed by atoms with van der Waals surface area (Å²) in [5, 5.41) is 8.98. The first-order valence-electron chi connectivity index (χ1n) is 8.17. The lowest BCUT2D eigenvalue weighted by atomic mass is 10.0. The molecule has 0 bridgehead atoms. The molecule has 3 aromatic rings. The maximum Gasteiger partial charge on any atom is 0.201 e. The molecule has 0 aliphatic carbocycles. The van der Waals surface area contributed by atoms with E-state index in [1.165, 1.54) is 31.4 Å². The van der Waals surface area contributed by atoms with Gasteiger partial charge in [-0.15, -0.1) is 0 Å². The molecule has 0 heterocycles. The Kier molecular flexibility index (Phi) is 5.66. The number of benzene rings is 3. The summed E-state index contributed by atoms with van der Waals surface area (Å²) in [6.45, 7) is -0.143. The lowest BCUT2D eigenvalue weighted by Crippen LogP contribution is -1.99. The van der Waals surface area contributed by atoms with Crippen molar-refractivity contribution in [2.45, 2.75) is 13.2 Å². The summed E-state index contributed by atoms with van der Waals surface area (Å²) in [6, 6.07) is 13.7. The summed E-state index contributed by atoms with van der Waals surface area (Å²) in [7, 11) is 1.27. The second-order valence-electron chi connectivity index (χ2n) is 5.85. The van der Waals surface area contributed by atoms with Gasteiger partial charge in [0, 0.05) is 5.56 Å². The lowest BCUT2D eigenvalue weighted by molar-refractivity contribution is 0.276. The van der Waals surface area contributed by atoms with Gasteiger partial charge in [0.1, 0.15) is 6.61 Å². The zero-order chi connectivity index (χ0) is 19.4. The minimum absolute atomic E-state index is 0.0690. The number of ether oxygens (including phenoxy) is 2. The highest BCUT2D eigenvalue weighted by Gasteiger charge is 2.15. The molecular formula is C21H17F3O3. The number of hydrogen-bond acceptors (Lipinski definition) is 3. The molecule has 0 atom stereocenters. The maximum absolute atomic E-state index is 14.2. The first-order chi connectivity index (χ1) is 13.0.